The lowest BCUT2D eigenvalue weighted by atomic mass is 9.89. The van der Waals surface area contributed by atoms with Crippen LogP contribution >= 0.6 is 0 Å². The molecule has 10 heteroatoms. The standard InChI is InChI=1S/C36H36F2N6O2/c1-7-28(45)42-17-22-9-10-23-34(43(22)16-21(42)6)24-14-26(37)30(29-19(4)8-11-27-25(29)15-40-41-27)31(38)35(24)44(36(23)46)33-20(5)12-13-39-32(33)18(2)3/h7-8,11-15,18,21-22H,1,9-10,16-17H2,2-6H3,(H,40,41). The van der Waals surface area contributed by atoms with Crippen molar-refractivity contribution in [2.24, 2.45) is 0 Å². The third-order valence-corrected chi connectivity index (χ3v) is 9.74. The van der Waals surface area contributed by atoms with Crippen LogP contribution in [-0.4, -0.2) is 55.7 Å². The van der Waals surface area contributed by atoms with Gasteiger partial charge >= 0.3 is 0 Å². The van der Waals surface area contributed by atoms with Crippen LogP contribution in [0.4, 0.5) is 14.5 Å². The van der Waals surface area contributed by atoms with E-state index in [0.717, 1.165) is 5.56 Å². The van der Waals surface area contributed by atoms with Gasteiger partial charge in [0.2, 0.25) is 5.91 Å². The molecule has 236 valence electrons. The average Bonchev–Trinajstić information content (AvgIpc) is 3.51. The first-order valence-corrected chi connectivity index (χ1v) is 15.7. The third-order valence-electron chi connectivity index (χ3n) is 9.74. The van der Waals surface area contributed by atoms with Gasteiger partial charge in [0.1, 0.15) is 5.82 Å². The van der Waals surface area contributed by atoms with Crippen LogP contribution in [0.1, 0.15) is 55.5 Å². The maximum atomic E-state index is 17.6. The molecule has 1 saturated heterocycles. The van der Waals surface area contributed by atoms with E-state index in [2.05, 4.69) is 26.7 Å². The summed E-state index contributed by atoms with van der Waals surface area (Å²) in [4.78, 5) is 36.0. The number of fused-ring (bicyclic) bond motifs is 6. The van der Waals surface area contributed by atoms with Crippen molar-refractivity contribution in [3.05, 3.63) is 93.7 Å². The van der Waals surface area contributed by atoms with Crippen molar-refractivity contribution in [1.82, 2.24) is 24.6 Å². The second-order valence-corrected chi connectivity index (χ2v) is 12.9. The molecular formula is C36H36F2N6O2. The van der Waals surface area contributed by atoms with E-state index >= 15 is 8.78 Å². The molecule has 8 nitrogen and oxygen atoms in total. The van der Waals surface area contributed by atoms with Gasteiger partial charge in [0.25, 0.3) is 5.56 Å². The second kappa shape index (κ2) is 10.9. The van der Waals surface area contributed by atoms with E-state index in [1.165, 1.54) is 16.7 Å². The molecule has 0 spiro atoms. The number of amides is 1. The number of rotatable bonds is 4. The third kappa shape index (κ3) is 4.29. The van der Waals surface area contributed by atoms with Crippen molar-refractivity contribution >= 4 is 33.4 Å². The second-order valence-electron chi connectivity index (χ2n) is 12.9. The molecular weight excluding hydrogens is 586 g/mol. The highest BCUT2D eigenvalue weighted by Crippen LogP contribution is 2.44. The first kappa shape index (κ1) is 29.8. The zero-order chi connectivity index (χ0) is 32.6. The number of carbonyl (C=O) groups excluding carboxylic acids is 1. The number of benzene rings is 2. The minimum atomic E-state index is -0.819. The number of halogens is 2. The van der Waals surface area contributed by atoms with Crippen LogP contribution in [-0.2, 0) is 11.2 Å². The van der Waals surface area contributed by atoms with E-state index in [4.69, 9.17) is 0 Å². The molecule has 3 aromatic heterocycles. The average molecular weight is 623 g/mol. The highest BCUT2D eigenvalue weighted by molar-refractivity contribution is 6.02. The summed E-state index contributed by atoms with van der Waals surface area (Å²) in [6, 6.07) is 6.51. The number of aryl methyl sites for hydroxylation is 2. The monoisotopic (exact) mass is 622 g/mol. The van der Waals surface area contributed by atoms with Gasteiger partial charge in [0.15, 0.2) is 5.82 Å². The Bertz CT molecular complexity index is 2150. The van der Waals surface area contributed by atoms with Crippen LogP contribution in [0.3, 0.4) is 0 Å². The minimum Gasteiger partial charge on any atom is -0.364 e. The Morgan fingerprint density at radius 1 is 1.09 bits per heavy atom. The van der Waals surface area contributed by atoms with Crippen molar-refractivity contribution in [3.8, 4) is 16.8 Å². The Kier molecular flexibility index (Phi) is 7.06. The number of carbonyl (C=O) groups is 1. The van der Waals surface area contributed by atoms with Crippen molar-refractivity contribution in [1.29, 1.82) is 0 Å². The maximum Gasteiger partial charge on any atom is 0.261 e. The van der Waals surface area contributed by atoms with E-state index in [1.807, 2.05) is 46.8 Å². The van der Waals surface area contributed by atoms with Crippen LogP contribution in [0.5, 0.6) is 0 Å². The molecule has 2 unspecified atom stereocenters. The molecule has 2 aromatic carbocycles. The predicted molar refractivity (Wildman–Crippen MR) is 177 cm³/mol. The molecule has 0 aliphatic carbocycles. The summed E-state index contributed by atoms with van der Waals surface area (Å²) in [5.74, 6) is -1.77. The summed E-state index contributed by atoms with van der Waals surface area (Å²) in [6.45, 7) is 14.1. The zero-order valence-electron chi connectivity index (χ0n) is 26.6. The Hall–Kier alpha value is -4.86. The maximum absolute atomic E-state index is 17.6. The molecule has 0 bridgehead atoms. The summed E-state index contributed by atoms with van der Waals surface area (Å²) >= 11 is 0. The van der Waals surface area contributed by atoms with Crippen LogP contribution < -0.4 is 10.5 Å². The van der Waals surface area contributed by atoms with Gasteiger partial charge in [-0.25, -0.2) is 8.78 Å². The van der Waals surface area contributed by atoms with E-state index in [-0.39, 0.29) is 40.5 Å². The topological polar surface area (TPSA) is 87.1 Å². The lowest BCUT2D eigenvalue weighted by Gasteiger charge is -2.49. The Morgan fingerprint density at radius 3 is 2.61 bits per heavy atom. The fourth-order valence-corrected chi connectivity index (χ4v) is 7.54. The zero-order valence-corrected chi connectivity index (χ0v) is 26.6. The minimum absolute atomic E-state index is 0.0101. The Morgan fingerprint density at radius 2 is 1.87 bits per heavy atom. The number of hydrogen-bond donors (Lipinski definition) is 1. The van der Waals surface area contributed by atoms with Gasteiger partial charge in [-0.3, -0.25) is 24.2 Å². The van der Waals surface area contributed by atoms with Crippen LogP contribution in [0.15, 0.2) is 54.1 Å². The van der Waals surface area contributed by atoms with Crippen molar-refractivity contribution in [3.63, 3.8) is 0 Å². The van der Waals surface area contributed by atoms with Gasteiger partial charge in [-0.2, -0.15) is 5.10 Å². The molecule has 1 fully saturated rings. The predicted octanol–water partition coefficient (Wildman–Crippen LogP) is 6.49. The van der Waals surface area contributed by atoms with Gasteiger partial charge in [0, 0.05) is 53.3 Å². The van der Waals surface area contributed by atoms with E-state index in [1.54, 1.807) is 23.4 Å². The number of H-pyrrole nitrogens is 1. The highest BCUT2D eigenvalue weighted by Gasteiger charge is 2.40. The first-order chi connectivity index (χ1) is 22.0. The molecule has 0 saturated carbocycles. The quantitative estimate of drug-likeness (QED) is 0.232. The van der Waals surface area contributed by atoms with E-state index < -0.39 is 11.6 Å². The summed E-state index contributed by atoms with van der Waals surface area (Å²) in [7, 11) is 0. The summed E-state index contributed by atoms with van der Waals surface area (Å²) in [6.07, 6.45) is 5.60. The molecule has 46 heavy (non-hydrogen) atoms. The van der Waals surface area contributed by atoms with Crippen molar-refractivity contribution < 1.29 is 13.6 Å². The number of aromatic amines is 1. The smallest absolute Gasteiger partial charge is 0.261 e. The molecule has 5 heterocycles. The normalized spacial score (nSPS) is 17.9. The molecule has 7 rings (SSSR count). The molecule has 0 radical (unpaired) electrons. The molecule has 1 amide bonds. The first-order valence-electron chi connectivity index (χ1n) is 15.7. The number of anilines is 1. The van der Waals surface area contributed by atoms with Gasteiger partial charge in [0.05, 0.1) is 39.9 Å². The Balaban J connectivity index is 1.61. The molecule has 2 atom stereocenters. The molecule has 2 aliphatic rings. The molecule has 1 N–H and O–H groups in total. The van der Waals surface area contributed by atoms with Crippen LogP contribution in [0.25, 0.3) is 38.6 Å². The van der Waals surface area contributed by atoms with Crippen molar-refractivity contribution in [2.75, 3.05) is 18.0 Å². The largest absolute Gasteiger partial charge is 0.364 e. The summed E-state index contributed by atoms with van der Waals surface area (Å²) < 4.78 is 35.6. The van der Waals surface area contributed by atoms with Crippen molar-refractivity contribution in [2.45, 2.75) is 65.5 Å². The van der Waals surface area contributed by atoms with Gasteiger partial charge < -0.3 is 9.80 Å². The fourth-order valence-electron chi connectivity index (χ4n) is 7.54. The summed E-state index contributed by atoms with van der Waals surface area (Å²) in [5, 5.41) is 7.94. The number of hydrogen-bond acceptors (Lipinski definition) is 5. The number of piperazine rings is 1. The van der Waals surface area contributed by atoms with Gasteiger partial charge in [-0.05, 0) is 74.9 Å². The molecule has 2 aliphatic heterocycles. The lowest BCUT2D eigenvalue weighted by Crippen LogP contribution is -2.60. The lowest BCUT2D eigenvalue weighted by molar-refractivity contribution is -0.129. The fraction of sp³-hybridized carbons (Fsp3) is 0.333. The number of nitrogens with zero attached hydrogens (tertiary/aromatic N) is 5. The number of nitrogens with one attached hydrogen (secondary N) is 1. The van der Waals surface area contributed by atoms with Gasteiger partial charge in [-0.15, -0.1) is 0 Å². The van der Waals surface area contributed by atoms with Crippen LogP contribution in [0.2, 0.25) is 0 Å². The van der Waals surface area contributed by atoms with Crippen LogP contribution in [0, 0.1) is 25.5 Å². The van der Waals surface area contributed by atoms with E-state index in [0.29, 0.717) is 76.0 Å². The Labute approximate surface area is 265 Å². The highest BCUT2D eigenvalue weighted by atomic mass is 19.1. The SMILES string of the molecule is C=CC(=O)N1CC2CCc3c(c4cc(F)c(-c5c(C)ccc6[nH]ncc56)c(F)c4n(-c4c(C)ccnc4C(C)C)c3=O)N2CC1C. The summed E-state index contributed by atoms with van der Waals surface area (Å²) in [5.41, 5.74) is 4.15. The van der Waals surface area contributed by atoms with E-state index in [9.17, 15) is 9.59 Å². The molecule has 5 aromatic rings. The number of pyridine rings is 2. The number of aromatic nitrogens is 4. The van der Waals surface area contributed by atoms with Gasteiger partial charge in [-0.1, -0.05) is 26.5 Å².